The van der Waals surface area contributed by atoms with Gasteiger partial charge in [-0.15, -0.1) is 0 Å². The third kappa shape index (κ3) is 5.09. The van der Waals surface area contributed by atoms with Crippen LogP contribution in [0.1, 0.15) is 76.2 Å². The molecule has 170 valence electrons. The normalized spacial score (nSPS) is 14.2. The van der Waals surface area contributed by atoms with Crippen molar-refractivity contribution >= 4 is 0 Å². The molecule has 0 saturated carbocycles. The van der Waals surface area contributed by atoms with Gasteiger partial charge >= 0.3 is 0 Å². The molecule has 32 heavy (non-hydrogen) atoms. The van der Waals surface area contributed by atoms with Crippen LogP contribution in [0.3, 0.4) is 0 Å². The van der Waals surface area contributed by atoms with Crippen molar-refractivity contribution < 1.29 is 0 Å². The first kappa shape index (κ1) is 24.1. The summed E-state index contributed by atoms with van der Waals surface area (Å²) in [6.45, 7) is 6.27. The molecule has 3 rings (SSSR count). The summed E-state index contributed by atoms with van der Waals surface area (Å²) in [5, 5.41) is 0. The number of nitrogens with two attached hydrogens (primary N) is 5. The Kier molecular flexibility index (Phi) is 8.18. The van der Waals surface area contributed by atoms with E-state index in [0.717, 1.165) is 22.3 Å². The Morgan fingerprint density at radius 1 is 0.625 bits per heavy atom. The molecule has 3 aromatic carbocycles. The van der Waals surface area contributed by atoms with Crippen LogP contribution in [0.15, 0.2) is 60.7 Å². The molecule has 0 aliphatic carbocycles. The molecular weight excluding hydrogens is 394 g/mol. The molecule has 0 aliphatic heterocycles. The maximum atomic E-state index is 6.64. The summed E-state index contributed by atoms with van der Waals surface area (Å²) < 4.78 is 0. The maximum Gasteiger partial charge on any atom is 0.0425 e. The summed E-state index contributed by atoms with van der Waals surface area (Å²) in [5.41, 5.74) is 39.8. The van der Waals surface area contributed by atoms with Gasteiger partial charge in [0.2, 0.25) is 0 Å². The van der Waals surface area contributed by atoms with Crippen LogP contribution in [-0.2, 0) is 19.6 Å². The highest BCUT2D eigenvalue weighted by Crippen LogP contribution is 2.38. The fourth-order valence-corrected chi connectivity index (χ4v) is 4.48. The minimum absolute atomic E-state index is 0.127. The van der Waals surface area contributed by atoms with Crippen LogP contribution in [-0.4, -0.2) is 6.54 Å². The lowest BCUT2D eigenvalue weighted by molar-refractivity contribution is 0.695. The molecule has 3 unspecified atom stereocenters. The Hall–Kier alpha value is -2.54. The highest BCUT2D eigenvalue weighted by Gasteiger charge is 2.24. The van der Waals surface area contributed by atoms with Gasteiger partial charge in [-0.1, -0.05) is 74.5 Å². The van der Waals surface area contributed by atoms with Gasteiger partial charge in [0.05, 0.1) is 0 Å². The minimum atomic E-state index is -0.271. The van der Waals surface area contributed by atoms with Gasteiger partial charge in [0, 0.05) is 44.1 Å². The average Bonchev–Trinajstić information content (AvgIpc) is 2.86. The summed E-state index contributed by atoms with van der Waals surface area (Å²) in [5.74, 6) is 0.254. The lowest BCUT2D eigenvalue weighted by Crippen LogP contribution is -2.25. The Balaban J connectivity index is 2.20. The van der Waals surface area contributed by atoms with Gasteiger partial charge in [0.15, 0.2) is 0 Å². The summed E-state index contributed by atoms with van der Waals surface area (Å²) in [6.07, 6.45) is 0. The second kappa shape index (κ2) is 10.9. The van der Waals surface area contributed by atoms with Crippen LogP contribution in [0.2, 0.25) is 0 Å². The molecule has 3 atom stereocenters. The summed E-state index contributed by atoms with van der Waals surface area (Å²) in [7, 11) is 0. The lowest BCUT2D eigenvalue weighted by Gasteiger charge is -2.28. The van der Waals surface area contributed by atoms with Crippen molar-refractivity contribution in [2.45, 2.75) is 51.4 Å². The Bertz CT molecular complexity index is 971. The first-order valence-electron chi connectivity index (χ1n) is 11.3. The van der Waals surface area contributed by atoms with Crippen LogP contribution >= 0.6 is 0 Å². The highest BCUT2D eigenvalue weighted by atomic mass is 14.7. The van der Waals surface area contributed by atoms with Crippen LogP contribution < -0.4 is 28.7 Å². The molecule has 0 aromatic heterocycles. The zero-order valence-electron chi connectivity index (χ0n) is 19.2. The summed E-state index contributed by atoms with van der Waals surface area (Å²) >= 11 is 0. The zero-order chi connectivity index (χ0) is 23.3. The number of rotatable bonds is 9. The van der Waals surface area contributed by atoms with Gasteiger partial charge in [-0.2, -0.15) is 0 Å². The predicted octanol–water partition coefficient (Wildman–Crippen LogP) is 3.32. The maximum absolute atomic E-state index is 6.64. The molecule has 0 saturated heterocycles. The van der Waals surface area contributed by atoms with Gasteiger partial charge in [0.25, 0.3) is 0 Å². The van der Waals surface area contributed by atoms with Crippen molar-refractivity contribution in [3.8, 4) is 0 Å². The molecular formula is C27H37N5. The number of hydrogen-bond acceptors (Lipinski definition) is 5. The molecule has 0 spiro atoms. The van der Waals surface area contributed by atoms with E-state index >= 15 is 0 Å². The second-order valence-electron chi connectivity index (χ2n) is 8.58. The Labute approximate surface area is 192 Å². The lowest BCUT2D eigenvalue weighted by atomic mass is 9.78. The smallest absolute Gasteiger partial charge is 0.0425 e. The molecule has 0 heterocycles. The van der Waals surface area contributed by atoms with E-state index in [1.807, 2.05) is 0 Å². The van der Waals surface area contributed by atoms with E-state index < -0.39 is 0 Å². The molecule has 0 amide bonds. The van der Waals surface area contributed by atoms with E-state index in [1.54, 1.807) is 0 Å². The number of benzene rings is 3. The molecule has 5 heteroatoms. The minimum Gasteiger partial charge on any atom is -0.329 e. The van der Waals surface area contributed by atoms with Gasteiger partial charge in [0.1, 0.15) is 0 Å². The molecule has 0 bridgehead atoms. The van der Waals surface area contributed by atoms with E-state index in [1.165, 1.54) is 22.3 Å². The molecule has 0 aliphatic rings. The van der Waals surface area contributed by atoms with Crippen LogP contribution in [0.4, 0.5) is 0 Å². The third-order valence-electron chi connectivity index (χ3n) is 6.47. The molecule has 10 N–H and O–H groups in total. The van der Waals surface area contributed by atoms with E-state index in [4.69, 9.17) is 28.7 Å². The first-order valence-corrected chi connectivity index (χ1v) is 11.3. The van der Waals surface area contributed by atoms with E-state index in [-0.39, 0.29) is 17.9 Å². The van der Waals surface area contributed by atoms with Gasteiger partial charge in [-0.25, -0.2) is 0 Å². The van der Waals surface area contributed by atoms with Crippen LogP contribution in [0.5, 0.6) is 0 Å². The monoisotopic (exact) mass is 431 g/mol. The van der Waals surface area contributed by atoms with Crippen LogP contribution in [0, 0.1) is 0 Å². The van der Waals surface area contributed by atoms with Crippen molar-refractivity contribution in [1.82, 2.24) is 0 Å². The zero-order valence-corrected chi connectivity index (χ0v) is 19.2. The second-order valence-corrected chi connectivity index (χ2v) is 8.58. The van der Waals surface area contributed by atoms with Crippen molar-refractivity contribution in [2.24, 2.45) is 28.7 Å². The fourth-order valence-electron chi connectivity index (χ4n) is 4.48. The van der Waals surface area contributed by atoms with E-state index in [9.17, 15) is 0 Å². The summed E-state index contributed by atoms with van der Waals surface area (Å²) in [6, 6.07) is 21.0. The SMILES string of the molecule is CC(c1cccc(CN)c1)c1cc(CN)cc(C(C)c2cccc(CN)c2)c1C(N)CN. The van der Waals surface area contributed by atoms with Crippen molar-refractivity contribution in [3.05, 3.63) is 105 Å². The fraction of sp³-hybridized carbons (Fsp3) is 0.333. The summed E-state index contributed by atoms with van der Waals surface area (Å²) in [4.78, 5) is 0. The van der Waals surface area contributed by atoms with E-state index in [0.29, 0.717) is 26.2 Å². The topological polar surface area (TPSA) is 130 Å². The van der Waals surface area contributed by atoms with Crippen LogP contribution in [0.25, 0.3) is 0 Å². The largest absolute Gasteiger partial charge is 0.329 e. The molecule has 0 radical (unpaired) electrons. The molecule has 5 nitrogen and oxygen atoms in total. The van der Waals surface area contributed by atoms with E-state index in [2.05, 4.69) is 74.5 Å². The van der Waals surface area contributed by atoms with Crippen molar-refractivity contribution in [1.29, 1.82) is 0 Å². The standard InChI is InChI=1S/C27H37N5/c1-17(22-7-3-5-19(9-22)13-28)24-11-21(15-30)12-25(27(24)26(32)16-31)18(2)23-8-4-6-20(10-23)14-29/h3-12,17-18,26H,13-16,28-32H2,1-2H3. The first-order chi connectivity index (χ1) is 15.4. The predicted molar refractivity (Wildman–Crippen MR) is 134 cm³/mol. The molecule has 3 aromatic rings. The van der Waals surface area contributed by atoms with Crippen molar-refractivity contribution in [2.75, 3.05) is 6.54 Å². The van der Waals surface area contributed by atoms with Gasteiger partial charge in [-0.05, 0) is 44.5 Å². The third-order valence-corrected chi connectivity index (χ3v) is 6.47. The molecule has 0 fully saturated rings. The van der Waals surface area contributed by atoms with Gasteiger partial charge < -0.3 is 28.7 Å². The number of hydrogen-bond donors (Lipinski definition) is 5. The van der Waals surface area contributed by atoms with Gasteiger partial charge in [-0.3, -0.25) is 0 Å². The highest BCUT2D eigenvalue weighted by molar-refractivity contribution is 5.50. The Morgan fingerprint density at radius 2 is 1.06 bits per heavy atom. The van der Waals surface area contributed by atoms with Crippen molar-refractivity contribution in [3.63, 3.8) is 0 Å². The Morgan fingerprint density at radius 3 is 1.44 bits per heavy atom. The average molecular weight is 432 g/mol. The quantitative estimate of drug-likeness (QED) is 0.355.